The van der Waals surface area contributed by atoms with E-state index in [1.165, 1.54) is 17.7 Å². The molecule has 0 amide bonds. The van der Waals surface area contributed by atoms with Crippen molar-refractivity contribution >= 4 is 10.1 Å². The third-order valence-corrected chi connectivity index (χ3v) is 4.96. The summed E-state index contributed by atoms with van der Waals surface area (Å²) in [6.07, 6.45) is 3.84. The Bertz CT molecular complexity index is 984. The second-order valence-corrected chi connectivity index (χ2v) is 7.54. The van der Waals surface area contributed by atoms with E-state index in [-0.39, 0.29) is 10.6 Å². The molecule has 0 saturated heterocycles. The first-order chi connectivity index (χ1) is 12.4. The zero-order valence-corrected chi connectivity index (χ0v) is 15.4. The summed E-state index contributed by atoms with van der Waals surface area (Å²) < 4.78 is 37.6. The Labute approximate surface area is 153 Å². The second kappa shape index (κ2) is 7.58. The van der Waals surface area contributed by atoms with Crippen LogP contribution in [0.1, 0.15) is 11.1 Å². The summed E-state index contributed by atoms with van der Waals surface area (Å²) in [6, 6.07) is 17.1. The maximum Gasteiger partial charge on any atom is 0.339 e. The molecule has 0 spiro atoms. The molecule has 2 aromatic carbocycles. The van der Waals surface area contributed by atoms with E-state index in [1.54, 1.807) is 30.3 Å². The molecule has 0 aliphatic heterocycles. The van der Waals surface area contributed by atoms with Gasteiger partial charge in [0.1, 0.15) is 16.4 Å². The van der Waals surface area contributed by atoms with Crippen molar-refractivity contribution in [3.63, 3.8) is 0 Å². The summed E-state index contributed by atoms with van der Waals surface area (Å²) in [7, 11) is -3.88. The highest BCUT2D eigenvalue weighted by Crippen LogP contribution is 2.25. The van der Waals surface area contributed by atoms with E-state index in [2.05, 4.69) is 0 Å². The minimum Gasteiger partial charge on any atom is -0.436 e. The van der Waals surface area contributed by atoms with Crippen molar-refractivity contribution in [2.45, 2.75) is 25.5 Å². The number of aromatic nitrogens is 1. The molecule has 3 rings (SSSR count). The number of hydrogen-bond donors (Lipinski definition) is 0. The largest absolute Gasteiger partial charge is 0.436 e. The van der Waals surface area contributed by atoms with Gasteiger partial charge in [0.2, 0.25) is 0 Å². The molecule has 0 aliphatic rings. The van der Waals surface area contributed by atoms with Crippen LogP contribution in [0.2, 0.25) is 0 Å². The first kappa shape index (κ1) is 17.9. The standard InChI is InChI=1S/C20H20NO4S/c1-16-8-10-21(11-9-16)15-24-18-12-17(2)13-19(14-18)25-26(22,23)20-6-4-3-5-7-20/h3-14H,15H2,1-2H3/q+1. The Morgan fingerprint density at radius 3 is 2.19 bits per heavy atom. The van der Waals surface area contributed by atoms with Crippen LogP contribution >= 0.6 is 0 Å². The topological polar surface area (TPSA) is 56.5 Å². The number of aryl methyl sites for hydroxylation is 2. The van der Waals surface area contributed by atoms with E-state index < -0.39 is 10.1 Å². The molecule has 1 heterocycles. The third-order valence-electron chi connectivity index (χ3n) is 3.70. The lowest BCUT2D eigenvalue weighted by molar-refractivity contribution is -0.724. The van der Waals surface area contributed by atoms with Crippen molar-refractivity contribution < 1.29 is 21.9 Å². The summed E-state index contributed by atoms with van der Waals surface area (Å²) in [5, 5.41) is 0. The molecule has 3 aromatic rings. The van der Waals surface area contributed by atoms with Crippen LogP contribution in [0.4, 0.5) is 0 Å². The van der Waals surface area contributed by atoms with E-state index in [9.17, 15) is 8.42 Å². The number of nitrogens with zero attached hydrogens (tertiary/aromatic N) is 1. The van der Waals surface area contributed by atoms with Gasteiger partial charge in [-0.25, -0.2) is 0 Å². The number of pyridine rings is 1. The Morgan fingerprint density at radius 1 is 0.846 bits per heavy atom. The minimum atomic E-state index is -3.88. The predicted molar refractivity (Wildman–Crippen MR) is 97.4 cm³/mol. The Hall–Kier alpha value is -2.86. The fraction of sp³-hybridized carbons (Fsp3) is 0.150. The van der Waals surface area contributed by atoms with Gasteiger partial charge < -0.3 is 8.92 Å². The molecular weight excluding hydrogens is 350 g/mol. The van der Waals surface area contributed by atoms with Gasteiger partial charge in [0.25, 0.3) is 6.73 Å². The molecule has 134 valence electrons. The Balaban J connectivity index is 1.76. The first-order valence-electron chi connectivity index (χ1n) is 8.12. The maximum atomic E-state index is 12.4. The van der Waals surface area contributed by atoms with E-state index in [0.717, 1.165) is 5.56 Å². The highest BCUT2D eigenvalue weighted by Gasteiger charge is 2.17. The van der Waals surface area contributed by atoms with E-state index in [1.807, 2.05) is 49.0 Å². The van der Waals surface area contributed by atoms with Gasteiger partial charge in [0, 0.05) is 18.2 Å². The van der Waals surface area contributed by atoms with Crippen molar-refractivity contribution in [1.29, 1.82) is 0 Å². The zero-order chi connectivity index (χ0) is 18.6. The molecule has 0 aliphatic carbocycles. The highest BCUT2D eigenvalue weighted by atomic mass is 32.2. The Kier molecular flexibility index (Phi) is 5.23. The number of benzene rings is 2. The fourth-order valence-corrected chi connectivity index (χ4v) is 3.31. The lowest BCUT2D eigenvalue weighted by Gasteiger charge is -2.10. The molecular formula is C20H20NO4S+. The van der Waals surface area contributed by atoms with Gasteiger partial charge in [-0.1, -0.05) is 18.2 Å². The van der Waals surface area contributed by atoms with Gasteiger partial charge >= 0.3 is 10.1 Å². The SMILES string of the molecule is Cc1cc[n+](COc2cc(C)cc(OS(=O)(=O)c3ccccc3)c2)cc1. The average Bonchev–Trinajstić information content (AvgIpc) is 2.61. The lowest BCUT2D eigenvalue weighted by atomic mass is 10.2. The van der Waals surface area contributed by atoms with Crippen LogP contribution in [0, 0.1) is 13.8 Å². The number of ether oxygens (including phenoxy) is 1. The van der Waals surface area contributed by atoms with Gasteiger partial charge in [-0.15, -0.1) is 0 Å². The van der Waals surface area contributed by atoms with Crippen LogP contribution < -0.4 is 13.5 Å². The third kappa shape index (κ3) is 4.61. The quantitative estimate of drug-likeness (QED) is 0.493. The van der Waals surface area contributed by atoms with E-state index in [0.29, 0.717) is 12.5 Å². The van der Waals surface area contributed by atoms with Crippen LogP contribution in [0.5, 0.6) is 11.5 Å². The van der Waals surface area contributed by atoms with Crippen molar-refractivity contribution in [2.75, 3.05) is 0 Å². The predicted octanol–water partition coefficient (Wildman–Crippen LogP) is 3.40. The molecule has 0 fully saturated rings. The molecule has 0 N–H and O–H groups in total. The summed E-state index contributed by atoms with van der Waals surface area (Å²) in [5.74, 6) is 0.758. The van der Waals surface area contributed by atoms with Crippen LogP contribution in [-0.4, -0.2) is 8.42 Å². The minimum absolute atomic E-state index is 0.110. The molecule has 5 nitrogen and oxygen atoms in total. The maximum absolute atomic E-state index is 12.4. The first-order valence-corrected chi connectivity index (χ1v) is 9.53. The Morgan fingerprint density at radius 2 is 1.50 bits per heavy atom. The molecule has 1 aromatic heterocycles. The van der Waals surface area contributed by atoms with Crippen LogP contribution in [0.3, 0.4) is 0 Å². The van der Waals surface area contributed by atoms with Gasteiger partial charge in [-0.2, -0.15) is 13.0 Å². The highest BCUT2D eigenvalue weighted by molar-refractivity contribution is 7.87. The van der Waals surface area contributed by atoms with Gasteiger partial charge in [0.05, 0.1) is 0 Å². The average molecular weight is 370 g/mol. The second-order valence-electron chi connectivity index (χ2n) is 6.00. The molecule has 0 unspecified atom stereocenters. The number of hydrogen-bond acceptors (Lipinski definition) is 4. The summed E-state index contributed by atoms with van der Waals surface area (Å²) in [6.45, 7) is 4.19. The molecule has 0 bridgehead atoms. The van der Waals surface area contributed by atoms with Gasteiger partial charge in [0.15, 0.2) is 12.4 Å². The summed E-state index contributed by atoms with van der Waals surface area (Å²) in [5.41, 5.74) is 2.01. The summed E-state index contributed by atoms with van der Waals surface area (Å²) >= 11 is 0. The lowest BCUT2D eigenvalue weighted by Crippen LogP contribution is -2.35. The van der Waals surface area contributed by atoms with Crippen LogP contribution in [0.25, 0.3) is 0 Å². The van der Waals surface area contributed by atoms with Crippen LogP contribution in [0.15, 0.2) is 78.0 Å². The van der Waals surface area contributed by atoms with Crippen molar-refractivity contribution in [2.24, 2.45) is 0 Å². The normalized spacial score (nSPS) is 11.2. The van der Waals surface area contributed by atoms with Gasteiger partial charge in [-0.3, -0.25) is 0 Å². The van der Waals surface area contributed by atoms with E-state index in [4.69, 9.17) is 8.92 Å². The fourth-order valence-electron chi connectivity index (χ4n) is 2.37. The molecule has 0 atom stereocenters. The van der Waals surface area contributed by atoms with Crippen LogP contribution in [-0.2, 0) is 16.8 Å². The van der Waals surface area contributed by atoms with Crippen molar-refractivity contribution in [3.05, 3.63) is 84.2 Å². The van der Waals surface area contributed by atoms with Gasteiger partial charge in [-0.05, 0) is 49.2 Å². The summed E-state index contributed by atoms with van der Waals surface area (Å²) in [4.78, 5) is 0.110. The van der Waals surface area contributed by atoms with Crippen molar-refractivity contribution in [3.8, 4) is 11.5 Å². The van der Waals surface area contributed by atoms with E-state index >= 15 is 0 Å². The number of rotatable bonds is 6. The zero-order valence-electron chi connectivity index (χ0n) is 14.6. The molecule has 0 radical (unpaired) electrons. The molecule has 6 heteroatoms. The smallest absolute Gasteiger partial charge is 0.339 e. The molecule has 0 saturated carbocycles. The molecule has 26 heavy (non-hydrogen) atoms. The van der Waals surface area contributed by atoms with Crippen molar-refractivity contribution in [1.82, 2.24) is 0 Å². The monoisotopic (exact) mass is 370 g/mol.